The summed E-state index contributed by atoms with van der Waals surface area (Å²) in [6.07, 6.45) is 6.23. The van der Waals surface area contributed by atoms with Gasteiger partial charge in [-0.2, -0.15) is 0 Å². The van der Waals surface area contributed by atoms with Crippen LogP contribution in [0.5, 0.6) is 0 Å². The highest BCUT2D eigenvalue weighted by Crippen LogP contribution is 2.29. The predicted octanol–water partition coefficient (Wildman–Crippen LogP) is 4.09. The summed E-state index contributed by atoms with van der Waals surface area (Å²) in [5.41, 5.74) is -0.436. The number of rotatable bonds is 6. The maximum Gasteiger partial charge on any atom is 0.407 e. The summed E-state index contributed by atoms with van der Waals surface area (Å²) in [4.78, 5) is 11.7. The molecule has 0 saturated heterocycles. The fourth-order valence-electron chi connectivity index (χ4n) is 3.34. The molecule has 0 spiro atoms. The van der Waals surface area contributed by atoms with Crippen molar-refractivity contribution in [1.82, 2.24) is 10.6 Å². The fraction of sp³-hybridized carbons (Fsp3) is 0.944. The van der Waals surface area contributed by atoms with Crippen LogP contribution in [0.3, 0.4) is 0 Å². The normalized spacial score (nSPS) is 24.1. The molecule has 22 heavy (non-hydrogen) atoms. The molecule has 4 nitrogen and oxygen atoms in total. The SMILES string of the molecule is CC(C)CC1CCCC(NC(C)CNC(=O)OC(C)(C)C)C1. The topological polar surface area (TPSA) is 50.4 Å². The zero-order valence-corrected chi connectivity index (χ0v) is 15.4. The summed E-state index contributed by atoms with van der Waals surface area (Å²) in [6, 6.07) is 0.864. The first kappa shape index (κ1) is 19.3. The van der Waals surface area contributed by atoms with Gasteiger partial charge in [0.1, 0.15) is 5.60 Å². The van der Waals surface area contributed by atoms with Crippen molar-refractivity contribution in [1.29, 1.82) is 0 Å². The molecule has 0 aliphatic heterocycles. The molecular weight excluding hydrogens is 276 g/mol. The van der Waals surface area contributed by atoms with Crippen molar-refractivity contribution in [3.63, 3.8) is 0 Å². The number of hydrogen-bond donors (Lipinski definition) is 2. The largest absolute Gasteiger partial charge is 0.444 e. The summed E-state index contributed by atoms with van der Waals surface area (Å²) in [6.45, 7) is 13.0. The molecule has 1 rings (SSSR count). The van der Waals surface area contributed by atoms with E-state index in [0.717, 1.165) is 11.8 Å². The van der Waals surface area contributed by atoms with E-state index in [2.05, 4.69) is 31.4 Å². The van der Waals surface area contributed by atoms with E-state index in [1.54, 1.807) is 0 Å². The van der Waals surface area contributed by atoms with Crippen molar-refractivity contribution in [3.8, 4) is 0 Å². The molecule has 0 aromatic rings. The molecule has 0 bridgehead atoms. The first-order valence-electron chi connectivity index (χ1n) is 8.88. The molecule has 0 heterocycles. The molecule has 0 aromatic heterocycles. The van der Waals surface area contributed by atoms with Gasteiger partial charge >= 0.3 is 6.09 Å². The summed E-state index contributed by atoms with van der Waals surface area (Å²) in [5.74, 6) is 1.65. The maximum absolute atomic E-state index is 11.7. The standard InChI is InChI=1S/C18H36N2O2/c1-13(2)10-15-8-7-9-16(11-15)20-14(3)12-19-17(21)22-18(4,5)6/h13-16,20H,7-12H2,1-6H3,(H,19,21). The Hall–Kier alpha value is -0.770. The third-order valence-electron chi connectivity index (χ3n) is 4.06. The Morgan fingerprint density at radius 2 is 1.91 bits per heavy atom. The number of nitrogens with one attached hydrogen (secondary N) is 2. The second-order valence-corrected chi connectivity index (χ2v) is 8.31. The van der Waals surface area contributed by atoms with Crippen molar-refractivity contribution in [2.24, 2.45) is 11.8 Å². The highest BCUT2D eigenvalue weighted by Gasteiger charge is 2.24. The highest BCUT2D eigenvalue weighted by molar-refractivity contribution is 5.67. The second-order valence-electron chi connectivity index (χ2n) is 8.31. The molecular formula is C18H36N2O2. The van der Waals surface area contributed by atoms with E-state index >= 15 is 0 Å². The zero-order chi connectivity index (χ0) is 16.8. The lowest BCUT2D eigenvalue weighted by molar-refractivity contribution is 0.0521. The van der Waals surface area contributed by atoms with Crippen LogP contribution in [0.25, 0.3) is 0 Å². The quantitative estimate of drug-likeness (QED) is 0.776. The van der Waals surface area contributed by atoms with Crippen LogP contribution in [-0.4, -0.2) is 30.3 Å². The van der Waals surface area contributed by atoms with E-state index in [1.807, 2.05) is 20.8 Å². The van der Waals surface area contributed by atoms with Gasteiger partial charge in [-0.05, 0) is 58.8 Å². The first-order valence-corrected chi connectivity index (χ1v) is 8.88. The molecule has 4 heteroatoms. The van der Waals surface area contributed by atoms with Gasteiger partial charge in [0.15, 0.2) is 0 Å². The molecule has 3 atom stereocenters. The van der Waals surface area contributed by atoms with Gasteiger partial charge in [0, 0.05) is 18.6 Å². The third-order valence-corrected chi connectivity index (χ3v) is 4.06. The Bertz CT molecular complexity index is 336. The molecule has 1 aliphatic rings. The lowest BCUT2D eigenvalue weighted by Gasteiger charge is -2.33. The molecule has 2 N–H and O–H groups in total. The summed E-state index contributed by atoms with van der Waals surface area (Å²) in [7, 11) is 0. The molecule has 3 unspecified atom stereocenters. The van der Waals surface area contributed by atoms with E-state index in [9.17, 15) is 4.79 Å². The van der Waals surface area contributed by atoms with E-state index in [1.165, 1.54) is 32.1 Å². The van der Waals surface area contributed by atoms with Gasteiger partial charge in [-0.1, -0.05) is 26.7 Å². The second kappa shape index (κ2) is 8.76. The van der Waals surface area contributed by atoms with Crippen LogP contribution in [0, 0.1) is 11.8 Å². The Balaban J connectivity index is 2.26. The van der Waals surface area contributed by atoms with E-state index in [4.69, 9.17) is 4.74 Å². The Kier molecular flexibility index (Phi) is 7.67. The average Bonchev–Trinajstić information content (AvgIpc) is 2.34. The van der Waals surface area contributed by atoms with Crippen LogP contribution < -0.4 is 10.6 Å². The molecule has 0 aromatic carbocycles. The van der Waals surface area contributed by atoms with Gasteiger partial charge in [0.25, 0.3) is 0 Å². The molecule has 1 saturated carbocycles. The lowest BCUT2D eigenvalue weighted by Crippen LogP contribution is -2.46. The van der Waals surface area contributed by atoms with Gasteiger partial charge < -0.3 is 15.4 Å². The van der Waals surface area contributed by atoms with Gasteiger partial charge in [-0.15, -0.1) is 0 Å². The predicted molar refractivity (Wildman–Crippen MR) is 92.0 cm³/mol. The number of carbonyl (C=O) groups is 1. The van der Waals surface area contributed by atoms with E-state index in [-0.39, 0.29) is 12.1 Å². The Labute approximate surface area is 136 Å². The van der Waals surface area contributed by atoms with Crippen molar-refractivity contribution >= 4 is 6.09 Å². The minimum atomic E-state index is -0.436. The molecule has 0 radical (unpaired) electrons. The van der Waals surface area contributed by atoms with Crippen LogP contribution >= 0.6 is 0 Å². The Morgan fingerprint density at radius 3 is 2.50 bits per heavy atom. The highest BCUT2D eigenvalue weighted by atomic mass is 16.6. The molecule has 1 fully saturated rings. The minimum Gasteiger partial charge on any atom is -0.444 e. The first-order chi connectivity index (χ1) is 10.2. The van der Waals surface area contributed by atoms with Crippen molar-refractivity contribution in [2.45, 2.75) is 91.3 Å². The van der Waals surface area contributed by atoms with Crippen molar-refractivity contribution in [2.75, 3.05) is 6.54 Å². The number of alkyl carbamates (subject to hydrolysis) is 1. The Morgan fingerprint density at radius 1 is 1.23 bits per heavy atom. The summed E-state index contributed by atoms with van der Waals surface area (Å²) >= 11 is 0. The smallest absolute Gasteiger partial charge is 0.407 e. The number of hydrogen-bond acceptors (Lipinski definition) is 3. The van der Waals surface area contributed by atoms with Crippen LogP contribution in [0.2, 0.25) is 0 Å². The monoisotopic (exact) mass is 312 g/mol. The average molecular weight is 312 g/mol. The van der Waals surface area contributed by atoms with Crippen molar-refractivity contribution < 1.29 is 9.53 Å². The lowest BCUT2D eigenvalue weighted by atomic mass is 9.81. The minimum absolute atomic E-state index is 0.273. The van der Waals surface area contributed by atoms with Gasteiger partial charge in [-0.3, -0.25) is 0 Å². The number of ether oxygens (including phenoxy) is 1. The van der Waals surface area contributed by atoms with E-state index < -0.39 is 5.60 Å². The van der Waals surface area contributed by atoms with Gasteiger partial charge in [0.05, 0.1) is 0 Å². The van der Waals surface area contributed by atoms with Crippen LogP contribution in [0.1, 0.15) is 73.6 Å². The zero-order valence-electron chi connectivity index (χ0n) is 15.4. The van der Waals surface area contributed by atoms with Crippen LogP contribution in [0.15, 0.2) is 0 Å². The van der Waals surface area contributed by atoms with Crippen LogP contribution in [-0.2, 0) is 4.74 Å². The summed E-state index contributed by atoms with van der Waals surface area (Å²) < 4.78 is 5.26. The van der Waals surface area contributed by atoms with Crippen LogP contribution in [0.4, 0.5) is 4.79 Å². The molecule has 1 amide bonds. The number of amides is 1. The molecule has 1 aliphatic carbocycles. The van der Waals surface area contributed by atoms with Gasteiger partial charge in [0.2, 0.25) is 0 Å². The van der Waals surface area contributed by atoms with E-state index in [0.29, 0.717) is 12.6 Å². The fourth-order valence-corrected chi connectivity index (χ4v) is 3.34. The number of carbonyl (C=O) groups excluding carboxylic acids is 1. The maximum atomic E-state index is 11.7. The summed E-state index contributed by atoms with van der Waals surface area (Å²) in [5, 5.41) is 6.52. The van der Waals surface area contributed by atoms with Crippen molar-refractivity contribution in [3.05, 3.63) is 0 Å². The molecule has 130 valence electrons. The third kappa shape index (κ3) is 8.62. The van der Waals surface area contributed by atoms with Gasteiger partial charge in [-0.25, -0.2) is 4.79 Å².